The van der Waals surface area contributed by atoms with E-state index in [-0.39, 0.29) is 17.0 Å². The van der Waals surface area contributed by atoms with E-state index in [2.05, 4.69) is 21.9 Å². The molecule has 0 aliphatic heterocycles. The maximum absolute atomic E-state index is 13.1. The number of aromatic nitrogens is 2. The highest BCUT2D eigenvalue weighted by Gasteiger charge is 2.18. The van der Waals surface area contributed by atoms with E-state index in [1.165, 1.54) is 41.6 Å². The van der Waals surface area contributed by atoms with E-state index in [0.717, 1.165) is 25.7 Å². The summed E-state index contributed by atoms with van der Waals surface area (Å²) >= 11 is 2.93. The summed E-state index contributed by atoms with van der Waals surface area (Å²) in [6, 6.07) is 8.32. The molecule has 0 saturated heterocycles. The quantitative estimate of drug-likeness (QED) is 0.398. The first-order valence-corrected chi connectivity index (χ1v) is 9.34. The van der Waals surface area contributed by atoms with Crippen LogP contribution in [0, 0.1) is 5.82 Å². The summed E-state index contributed by atoms with van der Waals surface area (Å²) in [5.41, 5.74) is 1.75. The molecular weight excluding hydrogens is 357 g/mol. The first-order chi connectivity index (χ1) is 12.1. The molecule has 0 radical (unpaired) electrons. The molecule has 2 heterocycles. The van der Waals surface area contributed by atoms with Crippen molar-refractivity contribution in [2.45, 2.75) is 17.2 Å². The lowest BCUT2D eigenvalue weighted by atomic mass is 10.2. The zero-order chi connectivity index (χ0) is 17.8. The number of rotatable bonds is 6. The Hall–Kier alpha value is -2.25. The maximum Gasteiger partial charge on any atom is 0.233 e. The number of nitrogens with zero attached hydrogens (tertiary/aromatic N) is 2. The van der Waals surface area contributed by atoms with Crippen LogP contribution in [-0.2, 0) is 4.79 Å². The molecule has 0 fully saturated rings. The van der Waals surface area contributed by atoms with E-state index in [0.29, 0.717) is 6.54 Å². The average molecular weight is 373 g/mol. The fraction of sp³-hybridized carbons (Fsp3) is 0.167. The maximum atomic E-state index is 13.1. The first kappa shape index (κ1) is 17.6. The molecule has 0 spiro atoms. The molecule has 1 atom stereocenters. The van der Waals surface area contributed by atoms with Crippen molar-refractivity contribution in [3.8, 4) is 10.4 Å². The van der Waals surface area contributed by atoms with Crippen molar-refractivity contribution in [3.63, 3.8) is 0 Å². The number of hydrogen-bond donors (Lipinski definition) is 1. The molecule has 0 aliphatic rings. The molecule has 4 nitrogen and oxygen atoms in total. The topological polar surface area (TPSA) is 54.9 Å². The van der Waals surface area contributed by atoms with Gasteiger partial charge in [0.15, 0.2) is 0 Å². The third-order valence-corrected chi connectivity index (χ3v) is 5.90. The van der Waals surface area contributed by atoms with Crippen molar-refractivity contribution in [3.05, 3.63) is 55.1 Å². The minimum absolute atomic E-state index is 0.0630. The zero-order valence-electron chi connectivity index (χ0n) is 13.5. The van der Waals surface area contributed by atoms with E-state index in [1.54, 1.807) is 18.2 Å². The van der Waals surface area contributed by atoms with Gasteiger partial charge >= 0.3 is 0 Å². The van der Waals surface area contributed by atoms with Gasteiger partial charge in [0, 0.05) is 11.4 Å². The summed E-state index contributed by atoms with van der Waals surface area (Å²) in [5.74, 6) is -0.327. The van der Waals surface area contributed by atoms with Gasteiger partial charge in [-0.1, -0.05) is 30.0 Å². The Morgan fingerprint density at radius 1 is 1.40 bits per heavy atom. The lowest BCUT2D eigenvalue weighted by Crippen LogP contribution is -2.30. The fourth-order valence-corrected chi connectivity index (χ4v) is 4.33. The Kier molecular flexibility index (Phi) is 5.45. The Morgan fingerprint density at radius 2 is 2.16 bits per heavy atom. The molecule has 25 heavy (non-hydrogen) atoms. The molecule has 128 valence electrons. The van der Waals surface area contributed by atoms with Crippen molar-refractivity contribution in [2.24, 2.45) is 0 Å². The number of halogens is 1. The number of carbonyl (C=O) groups is 1. The van der Waals surface area contributed by atoms with Gasteiger partial charge in [-0.2, -0.15) is 0 Å². The Balaban J connectivity index is 1.88. The van der Waals surface area contributed by atoms with E-state index < -0.39 is 0 Å². The second-order valence-electron chi connectivity index (χ2n) is 5.30. The van der Waals surface area contributed by atoms with Gasteiger partial charge in [-0.3, -0.25) is 4.79 Å². The Morgan fingerprint density at radius 3 is 2.88 bits per heavy atom. The third kappa shape index (κ3) is 4.05. The van der Waals surface area contributed by atoms with Gasteiger partial charge in [0.25, 0.3) is 0 Å². The minimum Gasteiger partial charge on any atom is -0.352 e. The van der Waals surface area contributed by atoms with Crippen LogP contribution < -0.4 is 5.32 Å². The summed E-state index contributed by atoms with van der Waals surface area (Å²) in [6.45, 7) is 5.87. The highest BCUT2D eigenvalue weighted by atomic mass is 32.2. The second-order valence-corrected chi connectivity index (χ2v) is 7.69. The van der Waals surface area contributed by atoms with Crippen LogP contribution in [0.25, 0.3) is 20.7 Å². The summed E-state index contributed by atoms with van der Waals surface area (Å²) in [6.07, 6.45) is 3.15. The van der Waals surface area contributed by atoms with Crippen molar-refractivity contribution < 1.29 is 9.18 Å². The standard InChI is InChI=1S/C18H16FN3OS2/c1-3-8-20-17(23)11(2)24-18-16-14(21-10-22-18)9-15(25-16)12-4-6-13(19)7-5-12/h3-7,9-11H,1,8H2,2H3,(H,20,23)/t11-/m0/s1. The van der Waals surface area contributed by atoms with Crippen LogP contribution in [0.1, 0.15) is 6.92 Å². The minimum atomic E-state index is -0.283. The van der Waals surface area contributed by atoms with Crippen molar-refractivity contribution in [1.29, 1.82) is 0 Å². The van der Waals surface area contributed by atoms with Crippen LogP contribution in [0.4, 0.5) is 4.39 Å². The van der Waals surface area contributed by atoms with Gasteiger partial charge < -0.3 is 5.32 Å². The molecule has 0 bridgehead atoms. The van der Waals surface area contributed by atoms with Gasteiger partial charge in [-0.25, -0.2) is 14.4 Å². The summed E-state index contributed by atoms with van der Waals surface area (Å²) < 4.78 is 14.0. The van der Waals surface area contributed by atoms with Crippen LogP contribution >= 0.6 is 23.1 Å². The molecule has 0 aliphatic carbocycles. The molecule has 0 saturated carbocycles. The van der Waals surface area contributed by atoms with Crippen LogP contribution in [0.15, 0.2) is 54.3 Å². The lowest BCUT2D eigenvalue weighted by molar-refractivity contribution is -0.120. The summed E-state index contributed by atoms with van der Waals surface area (Å²) in [4.78, 5) is 21.7. The fourth-order valence-electron chi connectivity index (χ4n) is 2.21. The molecule has 2 aromatic heterocycles. The van der Waals surface area contributed by atoms with Crippen molar-refractivity contribution >= 4 is 39.2 Å². The largest absolute Gasteiger partial charge is 0.352 e. The average Bonchev–Trinajstić information content (AvgIpc) is 3.05. The molecular formula is C18H16FN3OS2. The second kappa shape index (κ2) is 7.76. The first-order valence-electron chi connectivity index (χ1n) is 7.64. The van der Waals surface area contributed by atoms with E-state index in [1.807, 2.05) is 13.0 Å². The van der Waals surface area contributed by atoms with Crippen LogP contribution in [-0.4, -0.2) is 27.7 Å². The van der Waals surface area contributed by atoms with Crippen LogP contribution in [0.5, 0.6) is 0 Å². The Bertz CT molecular complexity index is 908. The van der Waals surface area contributed by atoms with Crippen molar-refractivity contribution in [1.82, 2.24) is 15.3 Å². The predicted molar refractivity (Wildman–Crippen MR) is 101 cm³/mol. The SMILES string of the molecule is C=CCNC(=O)[C@H](C)Sc1ncnc2cc(-c3ccc(F)cc3)sc12. The van der Waals surface area contributed by atoms with Crippen LogP contribution in [0.3, 0.4) is 0 Å². The number of hydrogen-bond acceptors (Lipinski definition) is 5. The number of thioether (sulfide) groups is 1. The predicted octanol–water partition coefficient (Wildman–Crippen LogP) is 4.28. The molecule has 1 amide bonds. The van der Waals surface area contributed by atoms with E-state index in [9.17, 15) is 9.18 Å². The van der Waals surface area contributed by atoms with Gasteiger partial charge in [0.2, 0.25) is 5.91 Å². The van der Waals surface area contributed by atoms with Crippen molar-refractivity contribution in [2.75, 3.05) is 6.54 Å². The van der Waals surface area contributed by atoms with Gasteiger partial charge in [0.1, 0.15) is 17.2 Å². The monoisotopic (exact) mass is 373 g/mol. The number of thiophene rings is 1. The van der Waals surface area contributed by atoms with Gasteiger partial charge in [-0.05, 0) is 30.7 Å². The lowest BCUT2D eigenvalue weighted by Gasteiger charge is -2.10. The van der Waals surface area contributed by atoms with E-state index >= 15 is 0 Å². The Labute approximate surface area is 153 Å². The van der Waals surface area contributed by atoms with Gasteiger partial charge in [-0.15, -0.1) is 17.9 Å². The van der Waals surface area contributed by atoms with Crippen LogP contribution in [0.2, 0.25) is 0 Å². The molecule has 7 heteroatoms. The molecule has 3 rings (SSSR count). The number of carbonyl (C=O) groups excluding carboxylic acids is 1. The normalized spacial score (nSPS) is 12.1. The van der Waals surface area contributed by atoms with E-state index in [4.69, 9.17) is 0 Å². The highest BCUT2D eigenvalue weighted by molar-refractivity contribution is 8.00. The number of benzene rings is 1. The third-order valence-electron chi connectivity index (χ3n) is 3.49. The summed E-state index contributed by atoms with van der Waals surface area (Å²) in [7, 11) is 0. The number of nitrogens with one attached hydrogen (secondary N) is 1. The zero-order valence-corrected chi connectivity index (χ0v) is 15.2. The number of fused-ring (bicyclic) bond motifs is 1. The summed E-state index contributed by atoms with van der Waals surface area (Å²) in [5, 5.41) is 3.27. The molecule has 1 aromatic carbocycles. The van der Waals surface area contributed by atoms with Gasteiger partial charge in [0.05, 0.1) is 15.5 Å². The highest BCUT2D eigenvalue weighted by Crippen LogP contribution is 2.37. The smallest absolute Gasteiger partial charge is 0.233 e. The number of amides is 1. The molecule has 1 N–H and O–H groups in total. The molecule has 0 unspecified atom stereocenters. The molecule has 3 aromatic rings.